The average molecular weight is 407 g/mol. The van der Waals surface area contributed by atoms with Crippen molar-refractivity contribution >= 4 is 23.1 Å². The molecule has 0 spiro atoms. The Morgan fingerprint density at radius 1 is 0.867 bits per heavy atom. The number of nitrogens with zero attached hydrogens (tertiary/aromatic N) is 1. The molecule has 3 aromatic rings. The minimum atomic E-state index is -1.18. The van der Waals surface area contributed by atoms with Crippen LogP contribution in [0.15, 0.2) is 78.4 Å². The largest absolute Gasteiger partial charge is 0.508 e. The van der Waals surface area contributed by atoms with E-state index in [-0.39, 0.29) is 17.0 Å². The number of halogens is 2. The van der Waals surface area contributed by atoms with Crippen molar-refractivity contribution in [1.29, 1.82) is 0 Å². The number of aliphatic hydroxyl groups excluding tert-OH is 1. The summed E-state index contributed by atoms with van der Waals surface area (Å²) in [5.41, 5.74) is 0.488. The summed E-state index contributed by atoms with van der Waals surface area (Å²) >= 11 is 0. The normalized spacial score (nSPS) is 18.1. The van der Waals surface area contributed by atoms with Gasteiger partial charge >= 0.3 is 0 Å². The van der Waals surface area contributed by atoms with Crippen LogP contribution < -0.4 is 4.90 Å². The average Bonchev–Trinajstić information content (AvgIpc) is 3.01. The zero-order valence-corrected chi connectivity index (χ0v) is 15.4. The Balaban J connectivity index is 1.95. The van der Waals surface area contributed by atoms with Gasteiger partial charge in [0.2, 0.25) is 0 Å². The zero-order valence-electron chi connectivity index (χ0n) is 15.4. The summed E-state index contributed by atoms with van der Waals surface area (Å²) < 4.78 is 27.3. The fraction of sp³-hybridized carbons (Fsp3) is 0.0435. The maximum absolute atomic E-state index is 13.9. The van der Waals surface area contributed by atoms with Crippen molar-refractivity contribution in [3.63, 3.8) is 0 Å². The highest BCUT2D eigenvalue weighted by Crippen LogP contribution is 2.42. The van der Waals surface area contributed by atoms with Crippen molar-refractivity contribution in [2.45, 2.75) is 6.04 Å². The van der Waals surface area contributed by atoms with Crippen LogP contribution in [0.3, 0.4) is 0 Å². The number of ketones is 1. The highest BCUT2D eigenvalue weighted by molar-refractivity contribution is 6.51. The number of hydrogen-bond acceptors (Lipinski definition) is 4. The summed E-state index contributed by atoms with van der Waals surface area (Å²) in [6, 6.07) is 15.7. The van der Waals surface area contributed by atoms with Crippen molar-refractivity contribution in [3.05, 3.63) is 101 Å². The van der Waals surface area contributed by atoms with Gasteiger partial charge in [-0.3, -0.25) is 14.5 Å². The van der Waals surface area contributed by atoms with Crippen molar-refractivity contribution < 1.29 is 28.6 Å². The molecule has 1 aliphatic rings. The van der Waals surface area contributed by atoms with Crippen molar-refractivity contribution in [2.75, 3.05) is 4.90 Å². The molecule has 4 rings (SSSR count). The quantitative estimate of drug-likeness (QED) is 0.386. The summed E-state index contributed by atoms with van der Waals surface area (Å²) in [6.07, 6.45) is 0. The summed E-state index contributed by atoms with van der Waals surface area (Å²) in [7, 11) is 0. The van der Waals surface area contributed by atoms with Gasteiger partial charge in [0.05, 0.1) is 11.6 Å². The predicted molar refractivity (Wildman–Crippen MR) is 106 cm³/mol. The standard InChI is InChI=1S/C23H15F2NO4/c24-17-11-8-15(12-18(17)25)26-20(13-6-9-16(27)10-7-13)19(22(29)23(26)30)21(28)14-4-2-1-3-5-14/h1-12,20,27-28H/b21-19+. The van der Waals surface area contributed by atoms with Crippen LogP contribution in [-0.2, 0) is 9.59 Å². The molecule has 2 N–H and O–H groups in total. The molecule has 1 fully saturated rings. The molecule has 5 nitrogen and oxygen atoms in total. The van der Waals surface area contributed by atoms with E-state index in [0.29, 0.717) is 11.1 Å². The fourth-order valence-electron chi connectivity index (χ4n) is 3.46. The predicted octanol–water partition coefficient (Wildman–Crippen LogP) is 4.30. The van der Waals surface area contributed by atoms with E-state index in [1.165, 1.54) is 30.3 Å². The van der Waals surface area contributed by atoms with Gasteiger partial charge in [-0.05, 0) is 29.8 Å². The van der Waals surface area contributed by atoms with Crippen LogP contribution in [0.2, 0.25) is 0 Å². The van der Waals surface area contributed by atoms with Crippen molar-refractivity contribution in [2.24, 2.45) is 0 Å². The summed E-state index contributed by atoms with van der Waals surface area (Å²) in [6.45, 7) is 0. The van der Waals surface area contributed by atoms with E-state index in [2.05, 4.69) is 0 Å². The number of anilines is 1. The van der Waals surface area contributed by atoms with Gasteiger partial charge in [-0.1, -0.05) is 42.5 Å². The molecule has 1 amide bonds. The van der Waals surface area contributed by atoms with Crippen LogP contribution in [0.1, 0.15) is 17.2 Å². The molecule has 0 saturated carbocycles. The van der Waals surface area contributed by atoms with E-state index >= 15 is 0 Å². The Kier molecular flexibility index (Phi) is 4.79. The highest BCUT2D eigenvalue weighted by Gasteiger charge is 2.47. The van der Waals surface area contributed by atoms with E-state index < -0.39 is 35.1 Å². The minimum absolute atomic E-state index is 0.0356. The van der Waals surface area contributed by atoms with Gasteiger partial charge < -0.3 is 10.2 Å². The van der Waals surface area contributed by atoms with Gasteiger partial charge in [0.25, 0.3) is 11.7 Å². The SMILES string of the molecule is O=C1C(=O)N(c2ccc(F)c(F)c2)C(c2ccc(O)cc2)/C1=C(\O)c1ccccc1. The molecule has 0 bridgehead atoms. The first-order valence-corrected chi connectivity index (χ1v) is 8.99. The van der Waals surface area contributed by atoms with Gasteiger partial charge in [0.15, 0.2) is 11.6 Å². The number of aliphatic hydroxyl groups is 1. The number of benzene rings is 3. The highest BCUT2D eigenvalue weighted by atomic mass is 19.2. The Morgan fingerprint density at radius 2 is 1.53 bits per heavy atom. The van der Waals surface area contributed by atoms with E-state index in [0.717, 1.165) is 17.0 Å². The minimum Gasteiger partial charge on any atom is -0.508 e. The van der Waals surface area contributed by atoms with Crippen LogP contribution in [0, 0.1) is 11.6 Å². The van der Waals surface area contributed by atoms with Gasteiger partial charge in [-0.25, -0.2) is 8.78 Å². The maximum Gasteiger partial charge on any atom is 0.300 e. The smallest absolute Gasteiger partial charge is 0.300 e. The second-order valence-corrected chi connectivity index (χ2v) is 6.73. The van der Waals surface area contributed by atoms with Gasteiger partial charge in [-0.15, -0.1) is 0 Å². The molecule has 1 atom stereocenters. The molecule has 3 aromatic carbocycles. The van der Waals surface area contributed by atoms with Crippen LogP contribution in [0.25, 0.3) is 5.76 Å². The van der Waals surface area contributed by atoms with Gasteiger partial charge in [-0.2, -0.15) is 0 Å². The number of Topliss-reactive ketones (excluding diaryl/α,β-unsaturated/α-hetero) is 1. The Hall–Kier alpha value is -4.00. The Bertz CT molecular complexity index is 1170. The number of amides is 1. The monoisotopic (exact) mass is 407 g/mol. The molecular formula is C23H15F2NO4. The first kappa shape index (κ1) is 19.3. The molecule has 0 radical (unpaired) electrons. The molecule has 1 aliphatic heterocycles. The molecule has 7 heteroatoms. The molecule has 1 heterocycles. The molecular weight excluding hydrogens is 392 g/mol. The number of aromatic hydroxyl groups is 1. The number of phenols is 1. The lowest BCUT2D eigenvalue weighted by Gasteiger charge is -2.25. The Labute approximate surface area is 170 Å². The lowest BCUT2D eigenvalue weighted by Crippen LogP contribution is -2.29. The number of phenolic OH excluding ortho intramolecular Hbond substituents is 1. The van der Waals surface area contributed by atoms with E-state index in [4.69, 9.17) is 0 Å². The fourth-order valence-corrected chi connectivity index (χ4v) is 3.46. The molecule has 1 unspecified atom stereocenters. The van der Waals surface area contributed by atoms with Gasteiger partial charge in [0.1, 0.15) is 11.5 Å². The maximum atomic E-state index is 13.9. The summed E-state index contributed by atoms with van der Waals surface area (Å²) in [5, 5.41) is 20.5. The van der Waals surface area contributed by atoms with E-state index in [1.54, 1.807) is 30.3 Å². The molecule has 30 heavy (non-hydrogen) atoms. The topological polar surface area (TPSA) is 77.8 Å². The third-order valence-corrected chi connectivity index (χ3v) is 4.88. The number of carbonyl (C=O) groups is 2. The van der Waals surface area contributed by atoms with Crippen LogP contribution in [0.4, 0.5) is 14.5 Å². The van der Waals surface area contributed by atoms with Crippen LogP contribution in [-0.4, -0.2) is 21.9 Å². The van der Waals surface area contributed by atoms with E-state index in [1.807, 2.05) is 0 Å². The number of carbonyl (C=O) groups excluding carboxylic acids is 2. The van der Waals surface area contributed by atoms with Crippen LogP contribution in [0.5, 0.6) is 5.75 Å². The second-order valence-electron chi connectivity index (χ2n) is 6.73. The van der Waals surface area contributed by atoms with E-state index in [9.17, 15) is 28.6 Å². The Morgan fingerprint density at radius 3 is 2.17 bits per heavy atom. The van der Waals surface area contributed by atoms with Crippen LogP contribution >= 0.6 is 0 Å². The summed E-state index contributed by atoms with van der Waals surface area (Å²) in [5.74, 6) is -4.65. The lowest BCUT2D eigenvalue weighted by atomic mass is 9.95. The second kappa shape index (κ2) is 7.44. The molecule has 0 aromatic heterocycles. The molecule has 1 saturated heterocycles. The number of hydrogen-bond donors (Lipinski definition) is 2. The van der Waals surface area contributed by atoms with Gasteiger partial charge in [0, 0.05) is 17.3 Å². The van der Waals surface area contributed by atoms with Crippen molar-refractivity contribution in [1.82, 2.24) is 0 Å². The number of rotatable bonds is 3. The lowest BCUT2D eigenvalue weighted by molar-refractivity contribution is -0.132. The third kappa shape index (κ3) is 3.20. The zero-order chi connectivity index (χ0) is 21.4. The molecule has 0 aliphatic carbocycles. The molecule has 150 valence electrons. The first-order valence-electron chi connectivity index (χ1n) is 8.99. The first-order chi connectivity index (χ1) is 14.4. The van der Waals surface area contributed by atoms with Crippen molar-refractivity contribution in [3.8, 4) is 5.75 Å². The third-order valence-electron chi connectivity index (χ3n) is 4.88. The summed E-state index contributed by atoms with van der Waals surface area (Å²) in [4.78, 5) is 26.8.